The predicted molar refractivity (Wildman–Crippen MR) is 82.9 cm³/mol. The number of thiazole rings is 1. The van der Waals surface area contributed by atoms with Crippen molar-refractivity contribution in [2.75, 3.05) is 6.54 Å². The van der Waals surface area contributed by atoms with Gasteiger partial charge in [0.05, 0.1) is 16.7 Å². The summed E-state index contributed by atoms with van der Waals surface area (Å²) in [6.07, 6.45) is 1.01. The molecule has 0 aliphatic rings. The van der Waals surface area contributed by atoms with E-state index in [9.17, 15) is 4.39 Å². The summed E-state index contributed by atoms with van der Waals surface area (Å²) in [4.78, 5) is 5.59. The monoisotopic (exact) mass is 292 g/mol. The van der Waals surface area contributed by atoms with Crippen molar-refractivity contribution in [1.82, 2.24) is 10.3 Å². The van der Waals surface area contributed by atoms with Gasteiger partial charge in [-0.3, -0.25) is 0 Å². The largest absolute Gasteiger partial charge is 0.305 e. The molecule has 0 radical (unpaired) electrons. The first-order valence-corrected chi connectivity index (χ1v) is 7.78. The lowest BCUT2D eigenvalue weighted by molar-refractivity contribution is 0.549. The van der Waals surface area contributed by atoms with Crippen LogP contribution in [0, 0.1) is 26.6 Å². The quantitative estimate of drug-likeness (QED) is 0.889. The van der Waals surface area contributed by atoms with Crippen LogP contribution in [0.5, 0.6) is 0 Å². The maximum Gasteiger partial charge on any atom is 0.128 e. The zero-order valence-electron chi connectivity index (χ0n) is 12.5. The molecule has 1 N–H and O–H groups in total. The van der Waals surface area contributed by atoms with E-state index in [0.29, 0.717) is 5.56 Å². The lowest BCUT2D eigenvalue weighted by Gasteiger charge is -2.19. The molecule has 0 bridgehead atoms. The Hall–Kier alpha value is -1.26. The number of aryl methyl sites for hydroxylation is 3. The van der Waals surface area contributed by atoms with E-state index in [1.165, 1.54) is 0 Å². The summed E-state index contributed by atoms with van der Waals surface area (Å²) in [5.74, 6) is -0.158. The molecular weight excluding hydrogens is 271 g/mol. The first-order valence-electron chi connectivity index (χ1n) is 6.96. The number of aromatic nitrogens is 1. The van der Waals surface area contributed by atoms with Crippen molar-refractivity contribution in [3.8, 4) is 0 Å². The smallest absolute Gasteiger partial charge is 0.128 e. The van der Waals surface area contributed by atoms with E-state index < -0.39 is 0 Å². The summed E-state index contributed by atoms with van der Waals surface area (Å²) < 4.78 is 14.2. The highest BCUT2D eigenvalue weighted by atomic mass is 32.1. The number of benzene rings is 1. The summed E-state index contributed by atoms with van der Waals surface area (Å²) in [7, 11) is 0. The molecule has 2 rings (SSSR count). The molecule has 20 heavy (non-hydrogen) atoms. The highest BCUT2D eigenvalue weighted by molar-refractivity contribution is 7.11. The predicted octanol–water partition coefficient (Wildman–Crippen LogP) is 4.30. The summed E-state index contributed by atoms with van der Waals surface area (Å²) in [6.45, 7) is 8.94. The molecule has 2 aromatic rings. The molecule has 0 spiro atoms. The summed E-state index contributed by atoms with van der Waals surface area (Å²) in [5.41, 5.74) is 2.77. The molecule has 2 nitrogen and oxygen atoms in total. The van der Waals surface area contributed by atoms with Gasteiger partial charge in [-0.05, 0) is 39.8 Å². The van der Waals surface area contributed by atoms with Crippen LogP contribution < -0.4 is 5.32 Å². The zero-order valence-corrected chi connectivity index (χ0v) is 13.3. The first-order chi connectivity index (χ1) is 9.52. The van der Waals surface area contributed by atoms with Gasteiger partial charge in [-0.2, -0.15) is 0 Å². The van der Waals surface area contributed by atoms with Gasteiger partial charge in [0.1, 0.15) is 5.82 Å². The lowest BCUT2D eigenvalue weighted by Crippen LogP contribution is -2.24. The topological polar surface area (TPSA) is 24.9 Å². The molecule has 4 heteroatoms. The van der Waals surface area contributed by atoms with Crippen molar-refractivity contribution in [3.63, 3.8) is 0 Å². The standard InChI is InChI=1S/C16H21FN2S/c1-5-8-18-15(16-11(3)19-12(4)20-16)13-9-10(2)6-7-14(13)17/h6-7,9,15,18H,5,8H2,1-4H3. The van der Waals surface area contributed by atoms with Gasteiger partial charge in [-0.15, -0.1) is 11.3 Å². The third kappa shape index (κ3) is 3.25. The van der Waals surface area contributed by atoms with E-state index in [2.05, 4.69) is 17.2 Å². The Morgan fingerprint density at radius 3 is 2.65 bits per heavy atom. The Balaban J connectivity index is 2.46. The molecule has 108 valence electrons. The Bertz CT molecular complexity index is 592. The van der Waals surface area contributed by atoms with Crippen LogP contribution in [0.2, 0.25) is 0 Å². The number of nitrogens with one attached hydrogen (secondary N) is 1. The van der Waals surface area contributed by atoms with Crippen LogP contribution in [0.4, 0.5) is 4.39 Å². The van der Waals surface area contributed by atoms with Crippen LogP contribution in [-0.2, 0) is 0 Å². The average molecular weight is 292 g/mol. The minimum absolute atomic E-state index is 0.110. The van der Waals surface area contributed by atoms with Crippen molar-refractivity contribution in [2.45, 2.75) is 40.2 Å². The van der Waals surface area contributed by atoms with Crippen LogP contribution in [0.3, 0.4) is 0 Å². The second-order valence-corrected chi connectivity index (χ2v) is 6.33. The van der Waals surface area contributed by atoms with E-state index in [-0.39, 0.29) is 11.9 Å². The zero-order chi connectivity index (χ0) is 14.7. The van der Waals surface area contributed by atoms with Crippen molar-refractivity contribution < 1.29 is 4.39 Å². The third-order valence-electron chi connectivity index (χ3n) is 3.26. The van der Waals surface area contributed by atoms with Gasteiger partial charge in [0.25, 0.3) is 0 Å². The normalized spacial score (nSPS) is 12.7. The highest BCUT2D eigenvalue weighted by Gasteiger charge is 2.22. The molecule has 0 saturated carbocycles. The van der Waals surface area contributed by atoms with Crippen molar-refractivity contribution in [1.29, 1.82) is 0 Å². The molecule has 0 amide bonds. The van der Waals surface area contributed by atoms with Crippen molar-refractivity contribution in [2.24, 2.45) is 0 Å². The molecule has 1 atom stereocenters. The molecule has 0 aliphatic carbocycles. The van der Waals surface area contributed by atoms with Crippen LogP contribution in [0.15, 0.2) is 18.2 Å². The van der Waals surface area contributed by atoms with Crippen LogP contribution >= 0.6 is 11.3 Å². The Morgan fingerprint density at radius 2 is 2.05 bits per heavy atom. The van der Waals surface area contributed by atoms with E-state index in [1.54, 1.807) is 23.5 Å². The van der Waals surface area contributed by atoms with Gasteiger partial charge >= 0.3 is 0 Å². The molecule has 0 fully saturated rings. The van der Waals surface area contributed by atoms with E-state index in [1.807, 2.05) is 26.8 Å². The van der Waals surface area contributed by atoms with Crippen molar-refractivity contribution >= 4 is 11.3 Å². The van der Waals surface area contributed by atoms with E-state index in [0.717, 1.165) is 34.1 Å². The Morgan fingerprint density at radius 1 is 1.30 bits per heavy atom. The fourth-order valence-corrected chi connectivity index (χ4v) is 3.35. The molecule has 1 unspecified atom stereocenters. The minimum Gasteiger partial charge on any atom is -0.305 e. The molecule has 1 heterocycles. The van der Waals surface area contributed by atoms with Crippen molar-refractivity contribution in [3.05, 3.63) is 50.7 Å². The summed E-state index contributed by atoms with van der Waals surface area (Å²) >= 11 is 1.64. The van der Waals surface area contributed by atoms with Gasteiger partial charge in [0.15, 0.2) is 0 Å². The number of rotatable bonds is 5. The number of hydrogen-bond donors (Lipinski definition) is 1. The van der Waals surface area contributed by atoms with Gasteiger partial charge in [0, 0.05) is 10.4 Å². The molecular formula is C16H21FN2S. The SMILES string of the molecule is CCCNC(c1cc(C)ccc1F)c1sc(C)nc1C. The molecule has 1 aromatic carbocycles. The average Bonchev–Trinajstić information content (AvgIpc) is 2.73. The third-order valence-corrected chi connectivity index (χ3v) is 4.40. The van der Waals surface area contributed by atoms with Crippen LogP contribution in [0.1, 0.15) is 46.1 Å². The molecule has 0 saturated heterocycles. The van der Waals surface area contributed by atoms with Gasteiger partial charge in [-0.1, -0.05) is 24.6 Å². The first kappa shape index (κ1) is 15.1. The molecule has 1 aromatic heterocycles. The molecule has 0 aliphatic heterocycles. The number of nitrogens with zero attached hydrogens (tertiary/aromatic N) is 1. The van der Waals surface area contributed by atoms with Crippen LogP contribution in [0.25, 0.3) is 0 Å². The van der Waals surface area contributed by atoms with Gasteiger partial charge < -0.3 is 5.32 Å². The Kier molecular flexibility index (Phi) is 4.89. The maximum absolute atomic E-state index is 14.2. The van der Waals surface area contributed by atoms with Gasteiger partial charge in [0.2, 0.25) is 0 Å². The van der Waals surface area contributed by atoms with E-state index in [4.69, 9.17) is 0 Å². The maximum atomic E-state index is 14.2. The summed E-state index contributed by atoms with van der Waals surface area (Å²) in [6, 6.07) is 5.17. The lowest BCUT2D eigenvalue weighted by atomic mass is 10.0. The van der Waals surface area contributed by atoms with Gasteiger partial charge in [-0.25, -0.2) is 9.37 Å². The van der Waals surface area contributed by atoms with Crippen LogP contribution in [-0.4, -0.2) is 11.5 Å². The second kappa shape index (κ2) is 6.46. The number of hydrogen-bond acceptors (Lipinski definition) is 3. The second-order valence-electron chi connectivity index (χ2n) is 5.09. The number of halogens is 1. The van der Waals surface area contributed by atoms with E-state index >= 15 is 0 Å². The Labute approximate surface area is 124 Å². The highest BCUT2D eigenvalue weighted by Crippen LogP contribution is 2.31. The summed E-state index contributed by atoms with van der Waals surface area (Å²) in [5, 5.41) is 4.48. The fraction of sp³-hybridized carbons (Fsp3) is 0.438. The minimum atomic E-state index is -0.158. The fourth-order valence-electron chi connectivity index (χ4n) is 2.33.